The largest absolute Gasteiger partial charge is 0.393 e. The van der Waals surface area contributed by atoms with Crippen LogP contribution < -0.4 is 4.90 Å². The van der Waals surface area contributed by atoms with Gasteiger partial charge < -0.3 is 10.0 Å². The van der Waals surface area contributed by atoms with Gasteiger partial charge in [-0.3, -0.25) is 0 Å². The van der Waals surface area contributed by atoms with Crippen molar-refractivity contribution in [2.45, 2.75) is 18.9 Å². The van der Waals surface area contributed by atoms with E-state index in [9.17, 15) is 5.11 Å². The predicted molar refractivity (Wildman–Crippen MR) is 104 cm³/mol. The maximum absolute atomic E-state index is 9.60. The molecule has 1 fully saturated rings. The Labute approximate surface area is 158 Å². The van der Waals surface area contributed by atoms with Crippen molar-refractivity contribution in [1.29, 1.82) is 10.5 Å². The minimum Gasteiger partial charge on any atom is -0.393 e. The number of piperidine rings is 1. The van der Waals surface area contributed by atoms with Gasteiger partial charge in [-0.05, 0) is 60.9 Å². The summed E-state index contributed by atoms with van der Waals surface area (Å²) in [7, 11) is 0. The SMILES string of the molecule is N#CC(C#N)=Cc1ccc(N=Nc2ccc(N3CCC(O)CC3)cc2)cc1. The fraction of sp³-hybridized carbons (Fsp3) is 0.238. The van der Waals surface area contributed by atoms with Crippen LogP contribution in [0.1, 0.15) is 18.4 Å². The number of rotatable bonds is 4. The van der Waals surface area contributed by atoms with Gasteiger partial charge in [-0.25, -0.2) is 0 Å². The molecule has 0 aliphatic carbocycles. The molecule has 134 valence electrons. The van der Waals surface area contributed by atoms with E-state index in [2.05, 4.69) is 15.1 Å². The summed E-state index contributed by atoms with van der Waals surface area (Å²) in [4.78, 5) is 2.26. The summed E-state index contributed by atoms with van der Waals surface area (Å²) in [5.74, 6) is 0. The highest BCUT2D eigenvalue weighted by Gasteiger charge is 2.16. The Kier molecular flexibility index (Phi) is 5.94. The molecule has 0 amide bonds. The van der Waals surface area contributed by atoms with Crippen molar-refractivity contribution < 1.29 is 5.11 Å². The molecule has 0 unspecified atom stereocenters. The van der Waals surface area contributed by atoms with Crippen molar-refractivity contribution in [3.05, 3.63) is 59.7 Å². The van der Waals surface area contributed by atoms with Crippen molar-refractivity contribution in [2.75, 3.05) is 18.0 Å². The monoisotopic (exact) mass is 357 g/mol. The van der Waals surface area contributed by atoms with Crippen LogP contribution in [0.4, 0.5) is 17.1 Å². The van der Waals surface area contributed by atoms with Gasteiger partial charge in [0.2, 0.25) is 0 Å². The maximum atomic E-state index is 9.60. The van der Waals surface area contributed by atoms with E-state index in [4.69, 9.17) is 10.5 Å². The van der Waals surface area contributed by atoms with E-state index >= 15 is 0 Å². The van der Waals surface area contributed by atoms with Gasteiger partial charge in [0.05, 0.1) is 17.5 Å². The number of hydrogen-bond donors (Lipinski definition) is 1. The lowest BCUT2D eigenvalue weighted by molar-refractivity contribution is 0.145. The third-order valence-corrected chi connectivity index (χ3v) is 4.41. The van der Waals surface area contributed by atoms with Crippen molar-refractivity contribution >= 4 is 23.1 Å². The lowest BCUT2D eigenvalue weighted by atomic mass is 10.1. The highest BCUT2D eigenvalue weighted by Crippen LogP contribution is 2.25. The summed E-state index contributed by atoms with van der Waals surface area (Å²) >= 11 is 0. The second-order valence-corrected chi connectivity index (χ2v) is 6.31. The molecule has 0 bridgehead atoms. The molecule has 1 saturated heterocycles. The van der Waals surface area contributed by atoms with Crippen LogP contribution in [0.15, 0.2) is 64.3 Å². The van der Waals surface area contributed by atoms with Crippen LogP contribution in [0.3, 0.4) is 0 Å². The molecule has 2 aromatic rings. The third-order valence-electron chi connectivity index (χ3n) is 4.41. The van der Waals surface area contributed by atoms with Crippen LogP contribution in [0.5, 0.6) is 0 Å². The van der Waals surface area contributed by atoms with Crippen molar-refractivity contribution in [1.82, 2.24) is 0 Å². The van der Waals surface area contributed by atoms with Crippen LogP contribution in [0.25, 0.3) is 6.08 Å². The Balaban J connectivity index is 1.63. The van der Waals surface area contributed by atoms with E-state index in [1.807, 2.05) is 36.4 Å². The topological polar surface area (TPSA) is 95.8 Å². The first kappa shape index (κ1) is 18.3. The van der Waals surface area contributed by atoms with Gasteiger partial charge in [-0.1, -0.05) is 12.1 Å². The van der Waals surface area contributed by atoms with E-state index in [1.54, 1.807) is 24.3 Å². The average molecular weight is 357 g/mol. The molecule has 0 aromatic heterocycles. The fourth-order valence-electron chi connectivity index (χ4n) is 2.86. The number of nitrogens with zero attached hydrogens (tertiary/aromatic N) is 5. The molecule has 27 heavy (non-hydrogen) atoms. The summed E-state index contributed by atoms with van der Waals surface area (Å²) in [6, 6.07) is 18.7. The Hall–Kier alpha value is -3.48. The number of aliphatic hydroxyl groups excluding tert-OH is 1. The number of azo groups is 1. The van der Waals surface area contributed by atoms with Gasteiger partial charge in [0, 0.05) is 18.8 Å². The lowest BCUT2D eigenvalue weighted by Gasteiger charge is -2.31. The molecule has 0 atom stereocenters. The van der Waals surface area contributed by atoms with Gasteiger partial charge >= 0.3 is 0 Å². The summed E-state index contributed by atoms with van der Waals surface area (Å²) in [5, 5.41) is 35.6. The molecule has 2 aromatic carbocycles. The van der Waals surface area contributed by atoms with Crippen LogP contribution in [-0.4, -0.2) is 24.3 Å². The van der Waals surface area contributed by atoms with Crippen LogP contribution in [0.2, 0.25) is 0 Å². The zero-order chi connectivity index (χ0) is 19.1. The minimum atomic E-state index is -0.178. The van der Waals surface area contributed by atoms with Gasteiger partial charge in [0.1, 0.15) is 17.7 Å². The Morgan fingerprint density at radius 2 is 1.44 bits per heavy atom. The van der Waals surface area contributed by atoms with Gasteiger partial charge in [-0.2, -0.15) is 20.8 Å². The predicted octanol–water partition coefficient (Wildman–Crippen LogP) is 4.49. The number of allylic oxidation sites excluding steroid dienone is 1. The summed E-state index contributed by atoms with van der Waals surface area (Å²) in [5.41, 5.74) is 3.41. The Morgan fingerprint density at radius 3 is 1.96 bits per heavy atom. The molecule has 3 rings (SSSR count). The highest BCUT2D eigenvalue weighted by molar-refractivity contribution is 5.63. The molecule has 6 heteroatoms. The van der Waals surface area contributed by atoms with E-state index in [-0.39, 0.29) is 11.7 Å². The van der Waals surface area contributed by atoms with E-state index < -0.39 is 0 Å². The van der Waals surface area contributed by atoms with Crippen LogP contribution >= 0.6 is 0 Å². The highest BCUT2D eigenvalue weighted by atomic mass is 16.3. The number of nitriles is 2. The molecule has 6 nitrogen and oxygen atoms in total. The minimum absolute atomic E-state index is 0.0627. The fourth-order valence-corrected chi connectivity index (χ4v) is 2.86. The Morgan fingerprint density at radius 1 is 0.926 bits per heavy atom. The van der Waals surface area contributed by atoms with Crippen molar-refractivity contribution in [3.63, 3.8) is 0 Å². The van der Waals surface area contributed by atoms with Crippen molar-refractivity contribution in [3.8, 4) is 12.1 Å². The third kappa shape index (κ3) is 5.01. The van der Waals surface area contributed by atoms with E-state index in [1.165, 1.54) is 6.08 Å². The Bertz CT molecular complexity index is 893. The van der Waals surface area contributed by atoms with Crippen LogP contribution in [0, 0.1) is 22.7 Å². The van der Waals surface area contributed by atoms with E-state index in [0.29, 0.717) is 5.69 Å². The molecule has 0 radical (unpaired) electrons. The molecule has 0 spiro atoms. The van der Waals surface area contributed by atoms with Gasteiger partial charge in [0.25, 0.3) is 0 Å². The number of aliphatic hydroxyl groups is 1. The van der Waals surface area contributed by atoms with E-state index in [0.717, 1.165) is 42.9 Å². The first-order chi connectivity index (χ1) is 13.2. The summed E-state index contributed by atoms with van der Waals surface area (Å²) in [6.07, 6.45) is 2.95. The first-order valence-electron chi connectivity index (χ1n) is 8.75. The normalized spacial score (nSPS) is 14.6. The first-order valence-corrected chi connectivity index (χ1v) is 8.75. The number of benzene rings is 2. The zero-order valence-electron chi connectivity index (χ0n) is 14.8. The molecule has 1 heterocycles. The number of anilines is 1. The second-order valence-electron chi connectivity index (χ2n) is 6.31. The van der Waals surface area contributed by atoms with Gasteiger partial charge in [-0.15, -0.1) is 0 Å². The van der Waals surface area contributed by atoms with Gasteiger partial charge in [0.15, 0.2) is 0 Å². The molecular weight excluding hydrogens is 338 g/mol. The molecule has 1 N–H and O–H groups in total. The molecular formula is C21H19N5O. The summed E-state index contributed by atoms with van der Waals surface area (Å²) in [6.45, 7) is 1.73. The molecule has 1 aliphatic heterocycles. The quantitative estimate of drug-likeness (QED) is 0.644. The number of hydrogen-bond acceptors (Lipinski definition) is 6. The second kappa shape index (κ2) is 8.75. The average Bonchev–Trinajstić information content (AvgIpc) is 2.72. The smallest absolute Gasteiger partial charge is 0.130 e. The molecule has 1 aliphatic rings. The van der Waals surface area contributed by atoms with Crippen molar-refractivity contribution in [2.24, 2.45) is 10.2 Å². The lowest BCUT2D eigenvalue weighted by Crippen LogP contribution is -2.35. The van der Waals surface area contributed by atoms with Crippen LogP contribution in [-0.2, 0) is 0 Å². The molecule has 0 saturated carbocycles. The summed E-state index contributed by atoms with van der Waals surface area (Å²) < 4.78 is 0. The standard InChI is InChI=1S/C21H19N5O/c22-14-17(15-23)13-16-1-3-18(4-2-16)24-25-19-5-7-20(8-6-19)26-11-9-21(27)10-12-26/h1-8,13,21,27H,9-12H2. The maximum Gasteiger partial charge on any atom is 0.130 e. The zero-order valence-corrected chi connectivity index (χ0v) is 14.8.